The molecular weight excluding hydrogens is 206 g/mol. The number of fused-ring (bicyclic) bond motifs is 5. The number of methoxy groups -OCH3 is 2. The topological polar surface area (TPSA) is 53.7 Å². The van der Waals surface area contributed by atoms with E-state index in [0.29, 0.717) is 0 Å². The first-order chi connectivity index (χ1) is 7.76. The van der Waals surface area contributed by atoms with Gasteiger partial charge in [-0.1, -0.05) is 0 Å². The van der Waals surface area contributed by atoms with Crippen LogP contribution in [0.1, 0.15) is 29.8 Å². The second kappa shape index (κ2) is 3.37. The van der Waals surface area contributed by atoms with Crippen molar-refractivity contribution in [2.45, 2.75) is 24.7 Å². The first-order valence-corrected chi connectivity index (χ1v) is 5.42. The van der Waals surface area contributed by atoms with Crippen molar-refractivity contribution >= 4 is 0 Å². The van der Waals surface area contributed by atoms with Crippen LogP contribution in [0.4, 0.5) is 0 Å². The van der Waals surface area contributed by atoms with E-state index < -0.39 is 0 Å². The summed E-state index contributed by atoms with van der Waals surface area (Å²) in [5.41, 5.74) is 8.22. The molecule has 0 unspecified atom stereocenters. The summed E-state index contributed by atoms with van der Waals surface area (Å²) in [7, 11) is 3.34. The molecule has 2 aliphatic rings. The van der Waals surface area contributed by atoms with Crippen LogP contribution in [0.25, 0.3) is 0 Å². The SMILES string of the molecule is COc1ccc(OC)c2c1[C@@H]1C[C@@H](N)[C@H]2O1. The standard InChI is InChI=1S/C12H15NO3/c1-14-7-3-4-8(15-2)11-10(7)9-5-6(13)12(11)16-9/h3-4,6,9,12H,5,13H2,1-2H3/t6-,9+,12-/m1/s1. The molecule has 2 N–H and O–H groups in total. The lowest BCUT2D eigenvalue weighted by molar-refractivity contribution is 0.0664. The molecular formula is C12H15NO3. The van der Waals surface area contributed by atoms with Crippen LogP contribution in [-0.4, -0.2) is 20.3 Å². The fourth-order valence-electron chi connectivity index (χ4n) is 2.75. The van der Waals surface area contributed by atoms with Gasteiger partial charge in [-0.25, -0.2) is 0 Å². The Labute approximate surface area is 94.3 Å². The van der Waals surface area contributed by atoms with Crippen molar-refractivity contribution in [1.29, 1.82) is 0 Å². The van der Waals surface area contributed by atoms with Crippen LogP contribution in [-0.2, 0) is 4.74 Å². The molecule has 0 radical (unpaired) electrons. The Bertz CT molecular complexity index is 433. The Morgan fingerprint density at radius 2 is 1.81 bits per heavy atom. The van der Waals surface area contributed by atoms with E-state index >= 15 is 0 Å². The fourth-order valence-corrected chi connectivity index (χ4v) is 2.75. The van der Waals surface area contributed by atoms with Gasteiger partial charge in [0.05, 0.1) is 20.3 Å². The fraction of sp³-hybridized carbons (Fsp3) is 0.500. The Morgan fingerprint density at radius 3 is 2.44 bits per heavy atom. The van der Waals surface area contributed by atoms with Gasteiger partial charge >= 0.3 is 0 Å². The van der Waals surface area contributed by atoms with Crippen LogP contribution < -0.4 is 15.2 Å². The highest BCUT2D eigenvalue weighted by atomic mass is 16.5. The molecule has 2 heterocycles. The van der Waals surface area contributed by atoms with Gasteiger partial charge in [-0.2, -0.15) is 0 Å². The largest absolute Gasteiger partial charge is 0.496 e. The summed E-state index contributed by atoms with van der Waals surface area (Å²) in [6.45, 7) is 0. The summed E-state index contributed by atoms with van der Waals surface area (Å²) < 4.78 is 16.6. The van der Waals surface area contributed by atoms with Crippen molar-refractivity contribution in [2.75, 3.05) is 14.2 Å². The molecule has 2 aliphatic heterocycles. The minimum absolute atomic E-state index is 0.0370. The molecule has 1 aromatic carbocycles. The van der Waals surface area contributed by atoms with Crippen LogP contribution >= 0.6 is 0 Å². The Kier molecular flexibility index (Phi) is 2.09. The molecule has 3 atom stereocenters. The number of ether oxygens (including phenoxy) is 3. The second-order valence-electron chi connectivity index (χ2n) is 4.24. The molecule has 2 bridgehead atoms. The van der Waals surface area contributed by atoms with Crippen LogP contribution in [0, 0.1) is 0 Å². The van der Waals surface area contributed by atoms with Gasteiger partial charge in [-0.05, 0) is 18.6 Å². The van der Waals surface area contributed by atoms with Gasteiger partial charge in [0.25, 0.3) is 0 Å². The highest BCUT2D eigenvalue weighted by molar-refractivity contribution is 5.55. The Balaban J connectivity index is 2.20. The van der Waals surface area contributed by atoms with Gasteiger partial charge in [0.2, 0.25) is 0 Å². The number of hydrogen-bond acceptors (Lipinski definition) is 4. The van der Waals surface area contributed by atoms with Crippen LogP contribution in [0.5, 0.6) is 11.5 Å². The zero-order chi connectivity index (χ0) is 11.3. The molecule has 3 rings (SSSR count). The van der Waals surface area contributed by atoms with E-state index in [1.165, 1.54) is 0 Å². The maximum atomic E-state index is 6.03. The average molecular weight is 221 g/mol. The van der Waals surface area contributed by atoms with Crippen molar-refractivity contribution in [2.24, 2.45) is 5.73 Å². The van der Waals surface area contributed by atoms with Gasteiger partial charge in [0.15, 0.2) is 0 Å². The lowest BCUT2D eigenvalue weighted by Crippen LogP contribution is -2.26. The van der Waals surface area contributed by atoms with Crippen molar-refractivity contribution in [3.05, 3.63) is 23.3 Å². The highest BCUT2D eigenvalue weighted by Gasteiger charge is 2.47. The maximum Gasteiger partial charge on any atom is 0.125 e. The minimum atomic E-state index is -0.0370. The number of nitrogens with two attached hydrogens (primary N) is 1. The van der Waals surface area contributed by atoms with Crippen molar-refractivity contribution in [3.63, 3.8) is 0 Å². The third-order valence-corrected chi connectivity index (χ3v) is 3.44. The van der Waals surface area contributed by atoms with Gasteiger partial charge in [0.1, 0.15) is 17.6 Å². The summed E-state index contributed by atoms with van der Waals surface area (Å²) in [4.78, 5) is 0. The summed E-state index contributed by atoms with van der Waals surface area (Å²) in [6.07, 6.45) is 0.895. The Morgan fingerprint density at radius 1 is 1.19 bits per heavy atom. The van der Waals surface area contributed by atoms with Crippen molar-refractivity contribution < 1.29 is 14.2 Å². The van der Waals surface area contributed by atoms with Gasteiger partial charge < -0.3 is 19.9 Å². The van der Waals surface area contributed by atoms with Gasteiger partial charge in [-0.15, -0.1) is 0 Å². The summed E-state index contributed by atoms with van der Waals surface area (Å²) in [6, 6.07) is 3.90. The normalized spacial score (nSPS) is 30.3. The van der Waals surface area contributed by atoms with Gasteiger partial charge in [-0.3, -0.25) is 0 Å². The molecule has 1 aromatic rings. The summed E-state index contributed by atoms with van der Waals surface area (Å²) in [5, 5.41) is 0. The predicted octanol–water partition coefficient (Wildman–Crippen LogP) is 1.55. The molecule has 0 aliphatic carbocycles. The van der Waals surface area contributed by atoms with Crippen LogP contribution in [0.3, 0.4) is 0 Å². The molecule has 0 amide bonds. The monoisotopic (exact) mass is 221 g/mol. The minimum Gasteiger partial charge on any atom is -0.496 e. The van der Waals surface area contributed by atoms with E-state index in [4.69, 9.17) is 19.9 Å². The first-order valence-electron chi connectivity index (χ1n) is 5.42. The number of benzene rings is 1. The van der Waals surface area contributed by atoms with Crippen molar-refractivity contribution in [1.82, 2.24) is 0 Å². The van der Waals surface area contributed by atoms with Crippen molar-refractivity contribution in [3.8, 4) is 11.5 Å². The second-order valence-corrected chi connectivity index (χ2v) is 4.24. The quantitative estimate of drug-likeness (QED) is 0.823. The van der Waals surface area contributed by atoms with E-state index in [-0.39, 0.29) is 18.2 Å². The zero-order valence-corrected chi connectivity index (χ0v) is 9.40. The maximum absolute atomic E-state index is 6.03. The molecule has 0 aromatic heterocycles. The molecule has 0 spiro atoms. The highest BCUT2D eigenvalue weighted by Crippen LogP contribution is 2.55. The summed E-state index contributed by atoms with van der Waals surface area (Å²) in [5.74, 6) is 1.72. The van der Waals surface area contributed by atoms with E-state index in [2.05, 4.69) is 0 Å². The summed E-state index contributed by atoms with van der Waals surface area (Å²) >= 11 is 0. The van der Waals surface area contributed by atoms with Crippen LogP contribution in [0.2, 0.25) is 0 Å². The molecule has 4 heteroatoms. The lowest BCUT2D eigenvalue weighted by atomic mass is 9.87. The third-order valence-electron chi connectivity index (χ3n) is 3.44. The van der Waals surface area contributed by atoms with E-state index in [0.717, 1.165) is 29.0 Å². The average Bonchev–Trinajstić information content (AvgIpc) is 2.85. The lowest BCUT2D eigenvalue weighted by Gasteiger charge is -2.21. The van der Waals surface area contributed by atoms with E-state index in [1.54, 1.807) is 14.2 Å². The third kappa shape index (κ3) is 1.11. The number of rotatable bonds is 2. The van der Waals surface area contributed by atoms with E-state index in [9.17, 15) is 0 Å². The first kappa shape index (κ1) is 9.93. The smallest absolute Gasteiger partial charge is 0.125 e. The van der Waals surface area contributed by atoms with Gasteiger partial charge in [0, 0.05) is 17.2 Å². The number of hydrogen-bond donors (Lipinski definition) is 1. The molecule has 1 saturated heterocycles. The molecule has 0 saturated carbocycles. The molecule has 1 fully saturated rings. The molecule has 86 valence electrons. The molecule has 16 heavy (non-hydrogen) atoms. The Hall–Kier alpha value is -1.26. The van der Waals surface area contributed by atoms with E-state index in [1.807, 2.05) is 12.1 Å². The zero-order valence-electron chi connectivity index (χ0n) is 9.40. The molecule has 4 nitrogen and oxygen atoms in total. The van der Waals surface area contributed by atoms with Crippen LogP contribution in [0.15, 0.2) is 12.1 Å². The predicted molar refractivity (Wildman–Crippen MR) is 58.7 cm³/mol.